The summed E-state index contributed by atoms with van der Waals surface area (Å²) in [5.41, 5.74) is 8.71. The van der Waals surface area contributed by atoms with Crippen LogP contribution >= 0.6 is 23.5 Å². The SMILES string of the molecule is CCCCSC(CC)(SCCCC)C(N)n1nnc2ccccc21. The second-order valence-electron chi connectivity index (χ2n) is 6.04. The number of thioether (sulfide) groups is 2. The van der Waals surface area contributed by atoms with Crippen LogP contribution in [0.3, 0.4) is 0 Å². The van der Waals surface area contributed by atoms with Gasteiger partial charge in [-0.05, 0) is 42.9 Å². The van der Waals surface area contributed by atoms with Crippen LogP contribution in [0.2, 0.25) is 0 Å². The van der Waals surface area contributed by atoms with Crippen molar-refractivity contribution in [2.24, 2.45) is 5.73 Å². The molecule has 0 fully saturated rings. The summed E-state index contributed by atoms with van der Waals surface area (Å²) in [7, 11) is 0. The molecule has 2 N–H and O–H groups in total. The number of unbranched alkanes of at least 4 members (excludes halogenated alkanes) is 2. The van der Waals surface area contributed by atoms with Gasteiger partial charge in [0.05, 0.1) is 9.60 Å². The van der Waals surface area contributed by atoms with E-state index in [0.717, 1.165) is 29.0 Å². The van der Waals surface area contributed by atoms with E-state index >= 15 is 0 Å². The average molecular weight is 367 g/mol. The fourth-order valence-electron chi connectivity index (χ4n) is 2.68. The first-order chi connectivity index (χ1) is 11.7. The van der Waals surface area contributed by atoms with Crippen LogP contribution in [-0.2, 0) is 0 Å². The van der Waals surface area contributed by atoms with E-state index < -0.39 is 0 Å². The number of para-hydroxylation sites is 1. The number of hydrogen-bond donors (Lipinski definition) is 1. The monoisotopic (exact) mass is 366 g/mol. The third-order valence-corrected chi connectivity index (χ3v) is 8.00. The Morgan fingerprint density at radius 3 is 2.29 bits per heavy atom. The smallest absolute Gasteiger partial charge is 0.125 e. The van der Waals surface area contributed by atoms with Gasteiger partial charge in [0.1, 0.15) is 11.7 Å². The van der Waals surface area contributed by atoms with Crippen LogP contribution in [0.4, 0.5) is 0 Å². The molecule has 0 spiro atoms. The van der Waals surface area contributed by atoms with Gasteiger partial charge in [-0.25, -0.2) is 4.68 Å². The predicted molar refractivity (Wildman–Crippen MR) is 109 cm³/mol. The van der Waals surface area contributed by atoms with E-state index in [1.165, 1.54) is 25.7 Å². The van der Waals surface area contributed by atoms with Crippen molar-refractivity contribution in [2.75, 3.05) is 11.5 Å². The van der Waals surface area contributed by atoms with Crippen molar-refractivity contribution in [2.45, 2.75) is 63.1 Å². The van der Waals surface area contributed by atoms with E-state index in [9.17, 15) is 0 Å². The third-order valence-electron chi connectivity index (χ3n) is 4.27. The fourth-order valence-corrected chi connectivity index (χ4v) is 6.02. The lowest BCUT2D eigenvalue weighted by Gasteiger charge is -2.37. The van der Waals surface area contributed by atoms with E-state index in [0.29, 0.717) is 0 Å². The molecule has 134 valence electrons. The van der Waals surface area contributed by atoms with Gasteiger partial charge in [-0.1, -0.05) is 51.0 Å². The number of nitrogens with two attached hydrogens (primary N) is 1. The van der Waals surface area contributed by atoms with Gasteiger partial charge in [0, 0.05) is 0 Å². The minimum Gasteiger partial charge on any atom is -0.308 e. The predicted octanol–water partition coefficient (Wildman–Crippen LogP) is 5.06. The zero-order chi connectivity index (χ0) is 17.4. The quantitative estimate of drug-likeness (QED) is 0.445. The second kappa shape index (κ2) is 9.68. The molecule has 1 unspecified atom stereocenters. The van der Waals surface area contributed by atoms with Gasteiger partial charge in [0.25, 0.3) is 0 Å². The van der Waals surface area contributed by atoms with Crippen LogP contribution in [0, 0.1) is 0 Å². The molecule has 2 aromatic rings. The summed E-state index contributed by atoms with van der Waals surface area (Å²) < 4.78 is 1.87. The Morgan fingerprint density at radius 1 is 1.08 bits per heavy atom. The van der Waals surface area contributed by atoms with Crippen molar-refractivity contribution in [3.05, 3.63) is 24.3 Å². The number of fused-ring (bicyclic) bond motifs is 1. The molecule has 6 heteroatoms. The summed E-state index contributed by atoms with van der Waals surface area (Å²) >= 11 is 4.02. The van der Waals surface area contributed by atoms with Crippen molar-refractivity contribution in [1.82, 2.24) is 15.0 Å². The number of aromatic nitrogens is 3. The van der Waals surface area contributed by atoms with Crippen LogP contribution in [0.5, 0.6) is 0 Å². The van der Waals surface area contributed by atoms with Crippen molar-refractivity contribution in [3.8, 4) is 0 Å². The Morgan fingerprint density at radius 2 is 1.71 bits per heavy atom. The summed E-state index contributed by atoms with van der Waals surface area (Å²) in [6, 6.07) is 8.07. The lowest BCUT2D eigenvalue weighted by Crippen LogP contribution is -2.40. The lowest BCUT2D eigenvalue weighted by atomic mass is 10.2. The molecule has 0 bridgehead atoms. The van der Waals surface area contributed by atoms with Gasteiger partial charge in [-0.15, -0.1) is 28.6 Å². The molecule has 0 radical (unpaired) electrons. The Bertz CT molecular complexity index is 604. The summed E-state index contributed by atoms with van der Waals surface area (Å²) in [6.45, 7) is 6.73. The average Bonchev–Trinajstić information content (AvgIpc) is 3.04. The molecule has 0 saturated heterocycles. The molecule has 1 aromatic carbocycles. The zero-order valence-corrected chi connectivity index (χ0v) is 16.7. The molecule has 0 aliphatic carbocycles. The maximum Gasteiger partial charge on any atom is 0.125 e. The van der Waals surface area contributed by atoms with Gasteiger partial charge in [0.15, 0.2) is 0 Å². The molecule has 1 aromatic heterocycles. The van der Waals surface area contributed by atoms with Crippen LogP contribution in [0.1, 0.15) is 59.0 Å². The maximum atomic E-state index is 6.78. The first-order valence-corrected chi connectivity index (χ1v) is 11.0. The Kier molecular flexibility index (Phi) is 7.91. The van der Waals surface area contributed by atoms with Crippen LogP contribution < -0.4 is 5.73 Å². The van der Waals surface area contributed by atoms with E-state index in [2.05, 4.69) is 37.1 Å². The molecular weight excluding hydrogens is 336 g/mol. The third kappa shape index (κ3) is 4.46. The fraction of sp³-hybridized carbons (Fsp3) is 0.667. The Hall–Kier alpha value is -0.720. The molecule has 0 aliphatic rings. The number of hydrogen-bond acceptors (Lipinski definition) is 5. The normalized spacial score (nSPS) is 13.5. The minimum absolute atomic E-state index is 0.0548. The topological polar surface area (TPSA) is 56.7 Å². The summed E-state index contributed by atoms with van der Waals surface area (Å²) in [6.07, 6.45) is 5.73. The largest absolute Gasteiger partial charge is 0.308 e. The van der Waals surface area contributed by atoms with Gasteiger partial charge in [-0.2, -0.15) is 0 Å². The Labute approximate surface area is 154 Å². The first-order valence-electron chi connectivity index (χ1n) is 9.02. The minimum atomic E-state index is -0.182. The van der Waals surface area contributed by atoms with E-state index in [4.69, 9.17) is 5.73 Å². The molecule has 1 heterocycles. The van der Waals surface area contributed by atoms with Gasteiger partial charge in [-0.3, -0.25) is 0 Å². The highest BCUT2D eigenvalue weighted by atomic mass is 32.2. The molecule has 0 aliphatic heterocycles. The molecule has 1 atom stereocenters. The van der Waals surface area contributed by atoms with Gasteiger partial charge in [0.2, 0.25) is 0 Å². The first kappa shape index (κ1) is 19.6. The summed E-state index contributed by atoms with van der Waals surface area (Å²) in [5, 5.41) is 8.68. The highest BCUT2D eigenvalue weighted by Gasteiger charge is 2.38. The van der Waals surface area contributed by atoms with Gasteiger partial charge < -0.3 is 5.73 Å². The number of rotatable bonds is 11. The van der Waals surface area contributed by atoms with E-state index in [1.807, 2.05) is 46.4 Å². The summed E-state index contributed by atoms with van der Waals surface area (Å²) in [4.78, 5) is 0. The van der Waals surface area contributed by atoms with Crippen molar-refractivity contribution >= 4 is 34.6 Å². The van der Waals surface area contributed by atoms with Crippen molar-refractivity contribution < 1.29 is 0 Å². The highest BCUT2D eigenvalue weighted by molar-refractivity contribution is 8.18. The number of nitrogens with zero attached hydrogens (tertiary/aromatic N) is 3. The van der Waals surface area contributed by atoms with E-state index in [1.54, 1.807) is 0 Å². The van der Waals surface area contributed by atoms with Crippen LogP contribution in [0.25, 0.3) is 11.0 Å². The molecule has 0 saturated carbocycles. The highest BCUT2D eigenvalue weighted by Crippen LogP contribution is 2.47. The summed E-state index contributed by atoms with van der Waals surface area (Å²) in [5.74, 6) is 2.29. The molecule has 24 heavy (non-hydrogen) atoms. The number of benzene rings is 1. The molecule has 4 nitrogen and oxygen atoms in total. The Balaban J connectivity index is 2.28. The van der Waals surface area contributed by atoms with Crippen LogP contribution in [0.15, 0.2) is 24.3 Å². The molecule has 2 rings (SSSR count). The standard InChI is InChI=1S/C18H30N4S2/c1-4-7-13-23-18(6-3,24-14-8-5-2)17(19)22-16-12-10-9-11-15(16)20-21-22/h9-12,17H,4-8,13-14,19H2,1-3H3. The maximum absolute atomic E-state index is 6.78. The van der Waals surface area contributed by atoms with E-state index in [-0.39, 0.29) is 10.2 Å². The van der Waals surface area contributed by atoms with Gasteiger partial charge >= 0.3 is 0 Å². The van der Waals surface area contributed by atoms with Crippen LogP contribution in [-0.4, -0.2) is 30.6 Å². The van der Waals surface area contributed by atoms with Crippen molar-refractivity contribution in [3.63, 3.8) is 0 Å². The zero-order valence-electron chi connectivity index (χ0n) is 15.1. The lowest BCUT2D eigenvalue weighted by molar-refractivity contribution is 0.424. The molecular formula is C18H30N4S2. The second-order valence-corrected chi connectivity index (χ2v) is 9.15. The molecule has 0 amide bonds. The van der Waals surface area contributed by atoms with Crippen molar-refractivity contribution in [1.29, 1.82) is 0 Å².